The van der Waals surface area contributed by atoms with Crippen LogP contribution in [0.3, 0.4) is 0 Å². The fourth-order valence-electron chi connectivity index (χ4n) is 2.69. The third-order valence-electron chi connectivity index (χ3n) is 4.23. The second-order valence-electron chi connectivity index (χ2n) is 6.42. The van der Waals surface area contributed by atoms with Gasteiger partial charge in [-0.3, -0.25) is 4.79 Å². The summed E-state index contributed by atoms with van der Waals surface area (Å²) in [5.41, 5.74) is 1.36. The van der Waals surface area contributed by atoms with Gasteiger partial charge in [0, 0.05) is 10.2 Å². The van der Waals surface area contributed by atoms with Crippen LogP contribution in [0, 0.1) is 11.3 Å². The van der Waals surface area contributed by atoms with Gasteiger partial charge >= 0.3 is 5.97 Å². The first-order valence-corrected chi connectivity index (χ1v) is 10.8. The number of hydrogen-bond donors (Lipinski definition) is 1. The number of hydrogen-bond acceptors (Lipinski definition) is 5. The highest BCUT2D eigenvalue weighted by Gasteiger charge is 2.17. The predicted molar refractivity (Wildman–Crippen MR) is 128 cm³/mol. The number of benzene rings is 3. The second-order valence-corrected chi connectivity index (χ2v) is 8.19. The molecule has 0 spiro atoms. The van der Waals surface area contributed by atoms with E-state index in [-0.39, 0.29) is 17.1 Å². The normalized spacial score (nSPS) is 10.8. The number of ether oxygens (including phenoxy) is 2. The van der Waals surface area contributed by atoms with Gasteiger partial charge in [-0.05, 0) is 76.1 Å². The highest BCUT2D eigenvalue weighted by molar-refractivity contribution is 9.10. The highest BCUT2D eigenvalue weighted by atomic mass is 79.9. The smallest absolute Gasteiger partial charge is 0.343 e. The minimum atomic E-state index is -0.551. The van der Waals surface area contributed by atoms with Gasteiger partial charge in [-0.2, -0.15) is 5.26 Å². The molecule has 3 aromatic carbocycles. The van der Waals surface area contributed by atoms with Crippen molar-refractivity contribution in [1.82, 2.24) is 0 Å². The molecule has 0 saturated carbocycles. The van der Waals surface area contributed by atoms with Crippen LogP contribution in [0.4, 0.5) is 5.69 Å². The summed E-state index contributed by atoms with van der Waals surface area (Å²) in [7, 11) is 1.43. The molecule has 0 bridgehead atoms. The Morgan fingerprint density at radius 2 is 1.72 bits per heavy atom. The number of nitrogens with zero attached hydrogens (tertiary/aromatic N) is 1. The van der Waals surface area contributed by atoms with E-state index in [9.17, 15) is 14.9 Å². The van der Waals surface area contributed by atoms with Gasteiger partial charge in [-0.25, -0.2) is 4.79 Å². The highest BCUT2D eigenvalue weighted by Crippen LogP contribution is 2.37. The van der Waals surface area contributed by atoms with Crippen molar-refractivity contribution in [1.29, 1.82) is 5.26 Å². The Balaban J connectivity index is 1.85. The maximum atomic E-state index is 12.5. The van der Waals surface area contributed by atoms with E-state index in [0.717, 1.165) is 4.47 Å². The molecule has 0 aliphatic heterocycles. The summed E-state index contributed by atoms with van der Waals surface area (Å²) in [4.78, 5) is 24.9. The first-order valence-electron chi connectivity index (χ1n) is 9.24. The lowest BCUT2D eigenvalue weighted by Gasteiger charge is -2.12. The Morgan fingerprint density at radius 3 is 2.34 bits per heavy atom. The molecule has 160 valence electrons. The van der Waals surface area contributed by atoms with Crippen LogP contribution >= 0.6 is 31.9 Å². The number of nitriles is 1. The molecule has 0 saturated heterocycles. The molecule has 6 nitrogen and oxygen atoms in total. The fraction of sp³-hybridized carbons (Fsp3) is 0.0417. The van der Waals surface area contributed by atoms with Gasteiger partial charge in [0.2, 0.25) is 0 Å². The molecule has 0 aliphatic rings. The lowest BCUT2D eigenvalue weighted by atomic mass is 10.1. The van der Waals surface area contributed by atoms with E-state index in [0.29, 0.717) is 21.3 Å². The Kier molecular flexibility index (Phi) is 7.82. The molecule has 0 radical (unpaired) electrons. The maximum absolute atomic E-state index is 12.5. The first kappa shape index (κ1) is 23.3. The number of rotatable bonds is 6. The predicted octanol–water partition coefficient (Wildman–Crippen LogP) is 5.99. The summed E-state index contributed by atoms with van der Waals surface area (Å²) in [5, 5.41) is 12.2. The molecule has 0 aromatic heterocycles. The Hall–Kier alpha value is -3.41. The molecule has 3 rings (SSSR count). The van der Waals surface area contributed by atoms with E-state index >= 15 is 0 Å². The van der Waals surface area contributed by atoms with E-state index in [1.165, 1.54) is 13.2 Å². The monoisotopic (exact) mass is 554 g/mol. The van der Waals surface area contributed by atoms with E-state index in [2.05, 4.69) is 37.2 Å². The molecule has 32 heavy (non-hydrogen) atoms. The van der Waals surface area contributed by atoms with Gasteiger partial charge in [-0.15, -0.1) is 0 Å². The van der Waals surface area contributed by atoms with Crippen molar-refractivity contribution in [3.63, 3.8) is 0 Å². The summed E-state index contributed by atoms with van der Waals surface area (Å²) in [6.45, 7) is 0. The number of nitrogens with one attached hydrogen (secondary N) is 1. The van der Waals surface area contributed by atoms with E-state index < -0.39 is 11.9 Å². The Morgan fingerprint density at radius 1 is 1.03 bits per heavy atom. The van der Waals surface area contributed by atoms with Crippen LogP contribution in [0.25, 0.3) is 6.08 Å². The Labute approximate surface area is 201 Å². The van der Waals surface area contributed by atoms with E-state index in [1.807, 2.05) is 6.07 Å². The first-order chi connectivity index (χ1) is 15.4. The van der Waals surface area contributed by atoms with Crippen molar-refractivity contribution >= 4 is 55.5 Å². The standard InChI is InChI=1S/C24H16Br2N2O4/c1-31-21-13-15(11-17(14-27)23(29)28-19-9-7-18(25)8-10-19)12-20(26)22(21)32-24(30)16-5-3-2-4-6-16/h2-13H,1H3,(H,28,29)/b17-11+. The van der Waals surface area contributed by atoms with Crippen LogP contribution in [0.1, 0.15) is 15.9 Å². The quantitative estimate of drug-likeness (QED) is 0.175. The molecular weight excluding hydrogens is 540 g/mol. The van der Waals surface area contributed by atoms with Crippen LogP contribution in [-0.2, 0) is 4.79 Å². The van der Waals surface area contributed by atoms with Crippen LogP contribution in [-0.4, -0.2) is 19.0 Å². The zero-order valence-corrected chi connectivity index (χ0v) is 19.9. The third kappa shape index (κ3) is 5.84. The molecule has 0 fully saturated rings. The fourth-order valence-corrected chi connectivity index (χ4v) is 3.50. The number of esters is 1. The van der Waals surface area contributed by atoms with Crippen molar-refractivity contribution in [3.8, 4) is 17.6 Å². The summed E-state index contributed by atoms with van der Waals surface area (Å²) >= 11 is 6.70. The zero-order chi connectivity index (χ0) is 23.1. The summed E-state index contributed by atoms with van der Waals surface area (Å²) in [6.07, 6.45) is 1.42. The zero-order valence-electron chi connectivity index (χ0n) is 16.8. The van der Waals surface area contributed by atoms with Gasteiger partial charge in [0.15, 0.2) is 11.5 Å². The van der Waals surface area contributed by atoms with Crippen LogP contribution in [0.2, 0.25) is 0 Å². The molecule has 8 heteroatoms. The second kappa shape index (κ2) is 10.8. The Bertz CT molecular complexity index is 1220. The van der Waals surface area contributed by atoms with Crippen LogP contribution < -0.4 is 14.8 Å². The van der Waals surface area contributed by atoms with Crippen molar-refractivity contribution in [3.05, 3.63) is 92.4 Å². The average molecular weight is 556 g/mol. The lowest BCUT2D eigenvalue weighted by Crippen LogP contribution is -2.13. The lowest BCUT2D eigenvalue weighted by molar-refractivity contribution is -0.112. The number of amides is 1. The average Bonchev–Trinajstić information content (AvgIpc) is 2.80. The van der Waals surface area contributed by atoms with Crippen molar-refractivity contribution in [2.75, 3.05) is 12.4 Å². The minimum absolute atomic E-state index is 0.101. The van der Waals surface area contributed by atoms with Crippen molar-refractivity contribution in [2.24, 2.45) is 0 Å². The molecule has 0 unspecified atom stereocenters. The summed E-state index contributed by atoms with van der Waals surface area (Å²) in [6, 6.07) is 20.6. The molecule has 3 aromatic rings. The minimum Gasteiger partial charge on any atom is -0.493 e. The third-order valence-corrected chi connectivity index (χ3v) is 5.35. The van der Waals surface area contributed by atoms with E-state index in [4.69, 9.17) is 9.47 Å². The number of anilines is 1. The van der Waals surface area contributed by atoms with E-state index in [1.54, 1.807) is 66.7 Å². The van der Waals surface area contributed by atoms with Gasteiger partial charge in [-0.1, -0.05) is 34.1 Å². The van der Waals surface area contributed by atoms with Crippen LogP contribution in [0.15, 0.2) is 81.2 Å². The number of methoxy groups -OCH3 is 1. The molecule has 0 atom stereocenters. The molecule has 0 aliphatic carbocycles. The molecule has 1 N–H and O–H groups in total. The molecular formula is C24H16Br2N2O4. The number of halogens is 2. The van der Waals surface area contributed by atoms with Gasteiger partial charge in [0.1, 0.15) is 11.6 Å². The van der Waals surface area contributed by atoms with Gasteiger partial charge in [0.25, 0.3) is 5.91 Å². The topological polar surface area (TPSA) is 88.4 Å². The SMILES string of the molecule is COc1cc(/C=C(\C#N)C(=O)Nc2ccc(Br)cc2)cc(Br)c1OC(=O)c1ccccc1. The molecule has 0 heterocycles. The summed E-state index contributed by atoms with van der Waals surface area (Å²) in [5.74, 6) is -0.638. The number of carbonyl (C=O) groups excluding carboxylic acids is 2. The summed E-state index contributed by atoms with van der Waals surface area (Å²) < 4.78 is 12.2. The van der Waals surface area contributed by atoms with Gasteiger partial charge < -0.3 is 14.8 Å². The molecule has 1 amide bonds. The van der Waals surface area contributed by atoms with Crippen LogP contribution in [0.5, 0.6) is 11.5 Å². The number of carbonyl (C=O) groups is 2. The largest absolute Gasteiger partial charge is 0.493 e. The van der Waals surface area contributed by atoms with Crippen molar-refractivity contribution < 1.29 is 19.1 Å². The maximum Gasteiger partial charge on any atom is 0.343 e. The van der Waals surface area contributed by atoms with Crippen molar-refractivity contribution in [2.45, 2.75) is 0 Å². The van der Waals surface area contributed by atoms with Gasteiger partial charge in [0.05, 0.1) is 17.1 Å².